The molecule has 0 spiro atoms. The third kappa shape index (κ3) is 2.73. The first-order chi connectivity index (χ1) is 9.90. The summed E-state index contributed by atoms with van der Waals surface area (Å²) in [6, 6.07) is 7.27. The zero-order valence-corrected chi connectivity index (χ0v) is 13.0. The average molecular weight is 290 g/mol. The predicted octanol–water partition coefficient (Wildman–Crippen LogP) is 1.96. The molecule has 0 saturated carbocycles. The lowest BCUT2D eigenvalue weighted by molar-refractivity contribution is -0.148. The number of benzene rings is 1. The summed E-state index contributed by atoms with van der Waals surface area (Å²) >= 11 is 0. The smallest absolute Gasteiger partial charge is 0.280 e. The summed E-state index contributed by atoms with van der Waals surface area (Å²) < 4.78 is 5.75. The SMILES string of the molecule is CCN1C(=O)C(C)(C(=O)NCC(C)C)Oc2ccccc21. The van der Waals surface area contributed by atoms with Gasteiger partial charge in [0.15, 0.2) is 0 Å². The van der Waals surface area contributed by atoms with Crippen molar-refractivity contribution in [2.75, 3.05) is 18.0 Å². The number of hydrogen-bond donors (Lipinski definition) is 1. The summed E-state index contributed by atoms with van der Waals surface area (Å²) in [5.74, 6) is 0.145. The second kappa shape index (κ2) is 5.76. The molecule has 1 aromatic carbocycles. The molecule has 114 valence electrons. The molecular formula is C16H22N2O3. The van der Waals surface area contributed by atoms with Crippen LogP contribution in [0.1, 0.15) is 27.7 Å². The van der Waals surface area contributed by atoms with Crippen molar-refractivity contribution < 1.29 is 14.3 Å². The van der Waals surface area contributed by atoms with Crippen molar-refractivity contribution in [1.29, 1.82) is 0 Å². The Hall–Kier alpha value is -2.04. The van der Waals surface area contributed by atoms with Gasteiger partial charge in [-0.05, 0) is 31.9 Å². The Kier molecular flexibility index (Phi) is 4.21. The highest BCUT2D eigenvalue weighted by atomic mass is 16.5. The number of amides is 2. The van der Waals surface area contributed by atoms with E-state index in [1.54, 1.807) is 11.0 Å². The summed E-state index contributed by atoms with van der Waals surface area (Å²) in [6.45, 7) is 8.42. The highest BCUT2D eigenvalue weighted by Crippen LogP contribution is 2.37. The van der Waals surface area contributed by atoms with Gasteiger partial charge in [0.1, 0.15) is 5.75 Å². The first-order valence-corrected chi connectivity index (χ1v) is 7.28. The molecule has 0 radical (unpaired) electrons. The number of fused-ring (bicyclic) bond motifs is 1. The van der Waals surface area contributed by atoms with Crippen molar-refractivity contribution in [2.24, 2.45) is 5.92 Å². The van der Waals surface area contributed by atoms with Gasteiger partial charge in [-0.2, -0.15) is 0 Å². The second-order valence-corrected chi connectivity index (χ2v) is 5.76. The van der Waals surface area contributed by atoms with Gasteiger partial charge in [-0.1, -0.05) is 26.0 Å². The third-order valence-electron chi connectivity index (χ3n) is 3.54. The van der Waals surface area contributed by atoms with Gasteiger partial charge in [0.25, 0.3) is 17.4 Å². The number of likely N-dealkylation sites (N-methyl/N-ethyl adjacent to an activating group) is 1. The van der Waals surface area contributed by atoms with Crippen LogP contribution >= 0.6 is 0 Å². The van der Waals surface area contributed by atoms with Gasteiger partial charge in [-0.15, -0.1) is 0 Å². The van der Waals surface area contributed by atoms with Crippen LogP contribution < -0.4 is 15.0 Å². The van der Waals surface area contributed by atoms with E-state index in [1.807, 2.05) is 39.0 Å². The summed E-state index contributed by atoms with van der Waals surface area (Å²) in [5, 5.41) is 2.79. The van der Waals surface area contributed by atoms with E-state index >= 15 is 0 Å². The molecule has 2 rings (SSSR count). The summed E-state index contributed by atoms with van der Waals surface area (Å²) in [4.78, 5) is 26.7. The molecule has 0 bridgehead atoms. The first kappa shape index (κ1) is 15.4. The van der Waals surface area contributed by atoms with Crippen LogP contribution in [0.15, 0.2) is 24.3 Å². The Labute approximate surface area is 125 Å². The van der Waals surface area contributed by atoms with Crippen molar-refractivity contribution in [3.63, 3.8) is 0 Å². The maximum absolute atomic E-state index is 12.7. The van der Waals surface area contributed by atoms with E-state index in [2.05, 4.69) is 5.32 Å². The highest BCUT2D eigenvalue weighted by molar-refractivity contribution is 6.16. The molecule has 1 aliphatic heterocycles. The Morgan fingerprint density at radius 1 is 1.38 bits per heavy atom. The normalized spacial score (nSPS) is 21.0. The van der Waals surface area contributed by atoms with Gasteiger partial charge >= 0.3 is 0 Å². The molecule has 1 aromatic rings. The van der Waals surface area contributed by atoms with Crippen LogP contribution in [0, 0.1) is 5.92 Å². The molecule has 0 aliphatic carbocycles. The number of nitrogens with one attached hydrogen (secondary N) is 1. The number of carbonyl (C=O) groups is 2. The lowest BCUT2D eigenvalue weighted by atomic mass is 9.99. The van der Waals surface area contributed by atoms with Crippen molar-refractivity contribution >= 4 is 17.5 Å². The molecule has 5 nitrogen and oxygen atoms in total. The van der Waals surface area contributed by atoms with Crippen LogP contribution in [0.4, 0.5) is 5.69 Å². The van der Waals surface area contributed by atoms with E-state index in [9.17, 15) is 9.59 Å². The van der Waals surface area contributed by atoms with Gasteiger partial charge in [0, 0.05) is 13.1 Å². The number of para-hydroxylation sites is 2. The molecule has 5 heteroatoms. The van der Waals surface area contributed by atoms with Crippen LogP contribution in [0.5, 0.6) is 5.75 Å². The van der Waals surface area contributed by atoms with Crippen molar-refractivity contribution in [1.82, 2.24) is 5.32 Å². The van der Waals surface area contributed by atoms with Gasteiger partial charge in [0.05, 0.1) is 5.69 Å². The fourth-order valence-corrected chi connectivity index (χ4v) is 2.32. The Balaban J connectivity index is 2.33. The van der Waals surface area contributed by atoms with Crippen LogP contribution in [-0.4, -0.2) is 30.5 Å². The minimum absolute atomic E-state index is 0.311. The molecular weight excluding hydrogens is 268 g/mol. The van der Waals surface area contributed by atoms with Crippen LogP contribution in [0.3, 0.4) is 0 Å². The number of anilines is 1. The molecule has 1 heterocycles. The van der Waals surface area contributed by atoms with Crippen LogP contribution in [0.25, 0.3) is 0 Å². The van der Waals surface area contributed by atoms with E-state index in [0.717, 1.165) is 0 Å². The molecule has 2 amide bonds. The zero-order valence-electron chi connectivity index (χ0n) is 13.0. The van der Waals surface area contributed by atoms with E-state index in [1.165, 1.54) is 6.92 Å². The molecule has 0 saturated heterocycles. The largest absolute Gasteiger partial charge is 0.466 e. The van der Waals surface area contributed by atoms with Gasteiger partial charge < -0.3 is 15.0 Å². The zero-order chi connectivity index (χ0) is 15.6. The minimum atomic E-state index is -1.51. The number of carbonyl (C=O) groups excluding carboxylic acids is 2. The molecule has 0 aromatic heterocycles. The van der Waals surface area contributed by atoms with Crippen LogP contribution in [0.2, 0.25) is 0 Å². The first-order valence-electron chi connectivity index (χ1n) is 7.28. The Morgan fingerprint density at radius 3 is 2.67 bits per heavy atom. The topological polar surface area (TPSA) is 58.6 Å². The molecule has 1 aliphatic rings. The van der Waals surface area contributed by atoms with E-state index in [0.29, 0.717) is 30.4 Å². The fourth-order valence-electron chi connectivity index (χ4n) is 2.32. The van der Waals surface area contributed by atoms with Crippen molar-refractivity contribution in [2.45, 2.75) is 33.3 Å². The lowest BCUT2D eigenvalue weighted by Gasteiger charge is -2.39. The summed E-state index contributed by atoms with van der Waals surface area (Å²) in [6.07, 6.45) is 0. The summed E-state index contributed by atoms with van der Waals surface area (Å²) in [5.41, 5.74) is -0.807. The standard InChI is InChI=1S/C16H22N2O3/c1-5-18-12-8-6-7-9-13(12)21-16(4,15(18)20)14(19)17-10-11(2)3/h6-9,11H,5,10H2,1-4H3,(H,17,19). The Morgan fingerprint density at radius 2 is 2.05 bits per heavy atom. The van der Waals surface area contributed by atoms with E-state index in [4.69, 9.17) is 4.74 Å². The summed E-state index contributed by atoms with van der Waals surface area (Å²) in [7, 11) is 0. The third-order valence-corrected chi connectivity index (χ3v) is 3.54. The molecule has 1 atom stereocenters. The maximum atomic E-state index is 12.7. The highest BCUT2D eigenvalue weighted by Gasteiger charge is 2.50. The monoisotopic (exact) mass is 290 g/mol. The minimum Gasteiger partial charge on any atom is -0.466 e. The van der Waals surface area contributed by atoms with Crippen LogP contribution in [-0.2, 0) is 9.59 Å². The number of hydrogen-bond acceptors (Lipinski definition) is 3. The Bertz CT molecular complexity index is 556. The fraction of sp³-hybridized carbons (Fsp3) is 0.500. The predicted molar refractivity (Wildman–Crippen MR) is 81.3 cm³/mol. The van der Waals surface area contributed by atoms with Gasteiger partial charge in [-0.25, -0.2) is 0 Å². The van der Waals surface area contributed by atoms with Gasteiger partial charge in [-0.3, -0.25) is 9.59 Å². The number of ether oxygens (including phenoxy) is 1. The van der Waals surface area contributed by atoms with Crippen molar-refractivity contribution in [3.05, 3.63) is 24.3 Å². The number of rotatable bonds is 4. The lowest BCUT2D eigenvalue weighted by Crippen LogP contribution is -2.62. The number of nitrogens with zero attached hydrogens (tertiary/aromatic N) is 1. The molecule has 1 N–H and O–H groups in total. The van der Waals surface area contributed by atoms with Crippen molar-refractivity contribution in [3.8, 4) is 5.75 Å². The quantitative estimate of drug-likeness (QED) is 0.862. The van der Waals surface area contributed by atoms with E-state index < -0.39 is 11.5 Å². The molecule has 1 unspecified atom stereocenters. The van der Waals surface area contributed by atoms with Gasteiger partial charge in [0.2, 0.25) is 0 Å². The average Bonchev–Trinajstić information content (AvgIpc) is 2.46. The second-order valence-electron chi connectivity index (χ2n) is 5.76. The molecule has 0 fully saturated rings. The maximum Gasteiger partial charge on any atom is 0.280 e. The van der Waals surface area contributed by atoms with E-state index in [-0.39, 0.29) is 5.91 Å². The molecule has 21 heavy (non-hydrogen) atoms.